The molecule has 1 saturated carbocycles. The van der Waals surface area contributed by atoms with E-state index in [1.807, 2.05) is 31.2 Å². The zero-order chi connectivity index (χ0) is 17.3. The molecule has 1 aliphatic heterocycles. The van der Waals surface area contributed by atoms with Crippen LogP contribution in [0.1, 0.15) is 48.8 Å². The third-order valence-corrected chi connectivity index (χ3v) is 5.73. The topological polar surface area (TPSA) is 38.3 Å². The van der Waals surface area contributed by atoms with Gasteiger partial charge in [-0.1, -0.05) is 42.0 Å². The molecule has 1 amide bonds. The molecule has 1 aliphatic carbocycles. The van der Waals surface area contributed by atoms with Crippen LogP contribution in [-0.2, 0) is 21.7 Å². The lowest BCUT2D eigenvalue weighted by Crippen LogP contribution is -2.32. The first-order chi connectivity index (χ1) is 12.1. The van der Waals surface area contributed by atoms with Crippen molar-refractivity contribution in [1.29, 1.82) is 0 Å². The molecule has 3 nitrogen and oxygen atoms in total. The summed E-state index contributed by atoms with van der Waals surface area (Å²) in [5, 5.41) is 3.02. The zero-order valence-electron chi connectivity index (χ0n) is 14.8. The normalized spacial score (nSPS) is 24.9. The summed E-state index contributed by atoms with van der Waals surface area (Å²) in [5.41, 5.74) is 4.69. The van der Waals surface area contributed by atoms with Crippen LogP contribution in [-0.4, -0.2) is 5.91 Å². The van der Waals surface area contributed by atoms with E-state index in [1.54, 1.807) is 0 Å². The van der Waals surface area contributed by atoms with E-state index in [-0.39, 0.29) is 11.5 Å². The third kappa shape index (κ3) is 3.34. The number of anilines is 1. The van der Waals surface area contributed by atoms with Gasteiger partial charge in [0.15, 0.2) is 0 Å². The molecule has 2 aromatic carbocycles. The van der Waals surface area contributed by atoms with Crippen molar-refractivity contribution in [1.82, 2.24) is 0 Å². The number of fused-ring (bicyclic) bond motifs is 2. The van der Waals surface area contributed by atoms with Gasteiger partial charge in [0.25, 0.3) is 0 Å². The van der Waals surface area contributed by atoms with Crippen molar-refractivity contribution in [2.75, 3.05) is 5.32 Å². The Bertz CT molecular complexity index is 758. The number of nitrogens with one attached hydrogen (secondary N) is 1. The standard InChI is InChI=1S/C22H25NO2/c1-16-6-8-19(9-7-16)23-21(24)14-17-10-12-22(13-11-17)20-5-3-2-4-18(20)15-25-22/h2-9,17H,10-15H2,1H3,(H,23,24). The summed E-state index contributed by atoms with van der Waals surface area (Å²) in [6, 6.07) is 16.6. The molecule has 4 rings (SSSR count). The van der Waals surface area contributed by atoms with Crippen LogP contribution in [0.5, 0.6) is 0 Å². The minimum atomic E-state index is -0.0967. The Labute approximate surface area is 149 Å². The van der Waals surface area contributed by atoms with Gasteiger partial charge in [-0.25, -0.2) is 0 Å². The number of amides is 1. The fourth-order valence-electron chi connectivity index (χ4n) is 4.26. The second-order valence-electron chi connectivity index (χ2n) is 7.50. The van der Waals surface area contributed by atoms with Crippen LogP contribution in [0.25, 0.3) is 0 Å². The van der Waals surface area contributed by atoms with Crippen LogP contribution in [0.2, 0.25) is 0 Å². The lowest BCUT2D eigenvalue weighted by atomic mass is 9.74. The highest BCUT2D eigenvalue weighted by Gasteiger charge is 2.42. The highest BCUT2D eigenvalue weighted by molar-refractivity contribution is 5.90. The van der Waals surface area contributed by atoms with Crippen LogP contribution in [0, 0.1) is 12.8 Å². The Morgan fingerprint density at radius 1 is 1.12 bits per heavy atom. The molecular formula is C22H25NO2. The molecule has 130 valence electrons. The Morgan fingerprint density at radius 3 is 2.60 bits per heavy atom. The summed E-state index contributed by atoms with van der Waals surface area (Å²) in [5.74, 6) is 0.574. The van der Waals surface area contributed by atoms with Crippen LogP contribution >= 0.6 is 0 Å². The van der Waals surface area contributed by atoms with Gasteiger partial charge in [0.05, 0.1) is 12.2 Å². The molecule has 1 fully saturated rings. The molecule has 1 spiro atoms. The van der Waals surface area contributed by atoms with Crippen molar-refractivity contribution in [3.05, 3.63) is 65.2 Å². The molecule has 0 bridgehead atoms. The van der Waals surface area contributed by atoms with Gasteiger partial charge in [-0.15, -0.1) is 0 Å². The average Bonchev–Trinajstić information content (AvgIpc) is 2.98. The van der Waals surface area contributed by atoms with Gasteiger partial charge >= 0.3 is 0 Å². The largest absolute Gasteiger partial charge is 0.366 e. The predicted octanol–water partition coefficient (Wildman–Crippen LogP) is 4.94. The maximum atomic E-state index is 12.3. The molecule has 0 radical (unpaired) electrons. The monoisotopic (exact) mass is 335 g/mol. The molecule has 0 unspecified atom stereocenters. The summed E-state index contributed by atoms with van der Waals surface area (Å²) in [4.78, 5) is 12.3. The van der Waals surface area contributed by atoms with E-state index in [9.17, 15) is 4.79 Å². The summed E-state index contributed by atoms with van der Waals surface area (Å²) >= 11 is 0. The number of hydrogen-bond donors (Lipinski definition) is 1. The molecule has 3 heteroatoms. The fraction of sp³-hybridized carbons (Fsp3) is 0.409. The number of rotatable bonds is 3. The summed E-state index contributed by atoms with van der Waals surface area (Å²) in [6.07, 6.45) is 4.75. The van der Waals surface area contributed by atoms with Gasteiger partial charge in [0.2, 0.25) is 5.91 Å². The number of benzene rings is 2. The van der Waals surface area contributed by atoms with Crippen molar-refractivity contribution < 1.29 is 9.53 Å². The molecule has 1 heterocycles. The molecule has 2 aromatic rings. The number of carbonyl (C=O) groups excluding carboxylic acids is 1. The Kier molecular flexibility index (Phi) is 4.34. The van der Waals surface area contributed by atoms with E-state index < -0.39 is 0 Å². The quantitative estimate of drug-likeness (QED) is 0.863. The maximum Gasteiger partial charge on any atom is 0.224 e. The van der Waals surface area contributed by atoms with Gasteiger partial charge in [-0.2, -0.15) is 0 Å². The van der Waals surface area contributed by atoms with Crippen LogP contribution < -0.4 is 5.32 Å². The average molecular weight is 335 g/mol. The molecule has 2 aliphatic rings. The number of aryl methyl sites for hydroxylation is 1. The molecular weight excluding hydrogens is 310 g/mol. The van der Waals surface area contributed by atoms with E-state index in [0.29, 0.717) is 12.3 Å². The van der Waals surface area contributed by atoms with Crippen molar-refractivity contribution in [3.8, 4) is 0 Å². The third-order valence-electron chi connectivity index (χ3n) is 5.73. The summed E-state index contributed by atoms with van der Waals surface area (Å²) in [6.45, 7) is 2.78. The molecule has 0 atom stereocenters. The zero-order valence-corrected chi connectivity index (χ0v) is 14.8. The van der Waals surface area contributed by atoms with Crippen molar-refractivity contribution >= 4 is 11.6 Å². The van der Waals surface area contributed by atoms with Crippen molar-refractivity contribution in [2.24, 2.45) is 5.92 Å². The van der Waals surface area contributed by atoms with E-state index in [4.69, 9.17) is 4.74 Å². The highest BCUT2D eigenvalue weighted by atomic mass is 16.5. The molecule has 0 saturated heterocycles. The van der Waals surface area contributed by atoms with Crippen molar-refractivity contribution in [3.63, 3.8) is 0 Å². The molecule has 1 N–H and O–H groups in total. The van der Waals surface area contributed by atoms with Crippen LogP contribution in [0.3, 0.4) is 0 Å². The smallest absolute Gasteiger partial charge is 0.224 e. The van der Waals surface area contributed by atoms with Crippen molar-refractivity contribution in [2.45, 2.75) is 51.2 Å². The fourth-order valence-corrected chi connectivity index (χ4v) is 4.26. The van der Waals surface area contributed by atoms with Crippen LogP contribution in [0.4, 0.5) is 5.69 Å². The van der Waals surface area contributed by atoms with E-state index >= 15 is 0 Å². The SMILES string of the molecule is Cc1ccc(NC(=O)CC2CCC3(CC2)OCc2ccccc23)cc1. The minimum Gasteiger partial charge on any atom is -0.366 e. The minimum absolute atomic E-state index is 0.0967. The Morgan fingerprint density at radius 2 is 1.84 bits per heavy atom. The van der Waals surface area contributed by atoms with Gasteiger partial charge in [0.1, 0.15) is 0 Å². The van der Waals surface area contributed by atoms with Gasteiger partial charge in [-0.3, -0.25) is 4.79 Å². The molecule has 25 heavy (non-hydrogen) atoms. The van der Waals surface area contributed by atoms with Gasteiger partial charge in [0, 0.05) is 12.1 Å². The van der Waals surface area contributed by atoms with Gasteiger partial charge in [-0.05, 0) is 61.8 Å². The second-order valence-corrected chi connectivity index (χ2v) is 7.50. The predicted molar refractivity (Wildman–Crippen MR) is 99.3 cm³/mol. The van der Waals surface area contributed by atoms with Crippen LogP contribution in [0.15, 0.2) is 48.5 Å². The molecule has 0 aromatic heterocycles. The first-order valence-electron chi connectivity index (χ1n) is 9.23. The summed E-state index contributed by atoms with van der Waals surface area (Å²) < 4.78 is 6.21. The number of ether oxygens (including phenoxy) is 1. The lowest BCUT2D eigenvalue weighted by molar-refractivity contribution is -0.118. The summed E-state index contributed by atoms with van der Waals surface area (Å²) in [7, 11) is 0. The van der Waals surface area contributed by atoms with E-state index in [1.165, 1.54) is 16.7 Å². The maximum absolute atomic E-state index is 12.3. The van der Waals surface area contributed by atoms with E-state index in [0.717, 1.165) is 38.0 Å². The first kappa shape index (κ1) is 16.3. The Balaban J connectivity index is 1.33. The number of carbonyl (C=O) groups is 1. The van der Waals surface area contributed by atoms with Gasteiger partial charge < -0.3 is 10.1 Å². The van der Waals surface area contributed by atoms with E-state index in [2.05, 4.69) is 29.6 Å². The first-order valence-corrected chi connectivity index (χ1v) is 9.23. The highest BCUT2D eigenvalue weighted by Crippen LogP contribution is 2.48. The second kappa shape index (κ2) is 6.64. The number of hydrogen-bond acceptors (Lipinski definition) is 2. The lowest BCUT2D eigenvalue weighted by Gasteiger charge is -2.37. The Hall–Kier alpha value is -2.13.